The lowest BCUT2D eigenvalue weighted by atomic mass is 10.2. The van der Waals surface area contributed by atoms with Crippen molar-refractivity contribution >= 4 is 23.4 Å². The average molecular weight is 310 g/mol. The molecule has 1 N–H and O–H groups in total. The molecule has 0 saturated heterocycles. The molecule has 2 aromatic carbocycles. The monoisotopic (exact) mass is 310 g/mol. The van der Waals surface area contributed by atoms with Gasteiger partial charge in [0.1, 0.15) is 0 Å². The van der Waals surface area contributed by atoms with E-state index < -0.39 is 0 Å². The predicted octanol–water partition coefficient (Wildman–Crippen LogP) is 4.29. The number of nitriles is 1. The van der Waals surface area contributed by atoms with Crippen molar-refractivity contribution in [1.29, 1.82) is 5.26 Å². The number of amides is 1. The molecule has 112 valence electrons. The van der Waals surface area contributed by atoms with Gasteiger partial charge in [0, 0.05) is 10.6 Å². The van der Waals surface area contributed by atoms with Gasteiger partial charge in [-0.05, 0) is 50.6 Å². The van der Waals surface area contributed by atoms with Gasteiger partial charge in [0.15, 0.2) is 0 Å². The van der Waals surface area contributed by atoms with Crippen LogP contribution in [0.5, 0.6) is 0 Å². The van der Waals surface area contributed by atoms with Gasteiger partial charge in [0.25, 0.3) is 0 Å². The third-order valence-electron chi connectivity index (χ3n) is 3.26. The second-order valence-corrected chi connectivity index (χ2v) is 6.59. The fourth-order valence-corrected chi connectivity index (χ4v) is 3.02. The van der Waals surface area contributed by atoms with Crippen molar-refractivity contribution in [3.05, 3.63) is 59.2 Å². The standard InChI is InChI=1S/C18H18N2OS/c1-12-7-8-17(13(2)9-12)22-14(3)18(21)20-16-6-4-5-15(10-16)11-19/h4-10,14H,1-3H3,(H,20,21). The van der Waals surface area contributed by atoms with Gasteiger partial charge in [-0.1, -0.05) is 23.8 Å². The zero-order valence-corrected chi connectivity index (χ0v) is 13.7. The molecule has 0 spiro atoms. The van der Waals surface area contributed by atoms with Gasteiger partial charge in [-0.2, -0.15) is 5.26 Å². The van der Waals surface area contributed by atoms with Gasteiger partial charge in [-0.15, -0.1) is 11.8 Å². The van der Waals surface area contributed by atoms with E-state index in [4.69, 9.17) is 5.26 Å². The van der Waals surface area contributed by atoms with Crippen LogP contribution in [-0.4, -0.2) is 11.2 Å². The lowest BCUT2D eigenvalue weighted by Crippen LogP contribution is -2.22. The van der Waals surface area contributed by atoms with Crippen LogP contribution in [0.15, 0.2) is 47.4 Å². The maximum absolute atomic E-state index is 12.3. The Bertz CT molecular complexity index is 734. The van der Waals surface area contributed by atoms with Crippen molar-refractivity contribution in [3.8, 4) is 6.07 Å². The first kappa shape index (κ1) is 16.1. The average Bonchev–Trinajstić information content (AvgIpc) is 2.50. The van der Waals surface area contributed by atoms with E-state index in [1.165, 1.54) is 22.9 Å². The van der Waals surface area contributed by atoms with Gasteiger partial charge in [-0.25, -0.2) is 0 Å². The zero-order chi connectivity index (χ0) is 16.1. The third kappa shape index (κ3) is 4.12. The van der Waals surface area contributed by atoms with E-state index in [-0.39, 0.29) is 11.2 Å². The zero-order valence-electron chi connectivity index (χ0n) is 12.9. The molecule has 1 atom stereocenters. The van der Waals surface area contributed by atoms with Crippen LogP contribution in [0.3, 0.4) is 0 Å². The first-order valence-corrected chi connectivity index (χ1v) is 7.92. The fraction of sp³-hybridized carbons (Fsp3) is 0.222. The van der Waals surface area contributed by atoms with E-state index in [1.54, 1.807) is 24.3 Å². The Hall–Kier alpha value is -2.25. The van der Waals surface area contributed by atoms with E-state index in [1.807, 2.05) is 6.92 Å². The molecule has 2 aromatic rings. The highest BCUT2D eigenvalue weighted by Crippen LogP contribution is 2.28. The second kappa shape index (κ2) is 7.15. The smallest absolute Gasteiger partial charge is 0.237 e. The molecule has 0 fully saturated rings. The number of nitrogens with zero attached hydrogens (tertiary/aromatic N) is 1. The minimum Gasteiger partial charge on any atom is -0.325 e. The number of hydrogen-bond acceptors (Lipinski definition) is 3. The fourth-order valence-electron chi connectivity index (χ4n) is 2.09. The number of aryl methyl sites for hydroxylation is 2. The topological polar surface area (TPSA) is 52.9 Å². The Morgan fingerprint density at radius 3 is 2.68 bits per heavy atom. The quantitative estimate of drug-likeness (QED) is 0.857. The predicted molar refractivity (Wildman–Crippen MR) is 91.0 cm³/mol. The molecule has 0 aliphatic carbocycles. The highest BCUT2D eigenvalue weighted by atomic mass is 32.2. The summed E-state index contributed by atoms with van der Waals surface area (Å²) in [4.78, 5) is 13.4. The van der Waals surface area contributed by atoms with Crippen molar-refractivity contribution in [1.82, 2.24) is 0 Å². The molecule has 0 saturated carbocycles. The molecule has 2 rings (SSSR count). The normalized spacial score (nSPS) is 11.5. The maximum atomic E-state index is 12.3. The van der Waals surface area contributed by atoms with Crippen molar-refractivity contribution in [2.24, 2.45) is 0 Å². The van der Waals surface area contributed by atoms with Crippen LogP contribution in [-0.2, 0) is 4.79 Å². The Morgan fingerprint density at radius 1 is 1.23 bits per heavy atom. The molecular weight excluding hydrogens is 292 g/mol. The summed E-state index contributed by atoms with van der Waals surface area (Å²) in [6.07, 6.45) is 0. The lowest BCUT2D eigenvalue weighted by molar-refractivity contribution is -0.115. The minimum absolute atomic E-state index is 0.0694. The summed E-state index contributed by atoms with van der Waals surface area (Å²) in [5, 5.41) is 11.5. The minimum atomic E-state index is -0.216. The van der Waals surface area contributed by atoms with Crippen LogP contribution in [0.1, 0.15) is 23.6 Å². The summed E-state index contributed by atoms with van der Waals surface area (Å²) in [5.74, 6) is -0.0694. The highest BCUT2D eigenvalue weighted by molar-refractivity contribution is 8.00. The Morgan fingerprint density at radius 2 is 2.00 bits per heavy atom. The molecule has 3 nitrogen and oxygen atoms in total. The number of nitrogens with one attached hydrogen (secondary N) is 1. The summed E-state index contributed by atoms with van der Waals surface area (Å²) in [5.41, 5.74) is 3.58. The molecule has 1 amide bonds. The molecule has 4 heteroatoms. The second-order valence-electron chi connectivity index (χ2n) is 5.21. The van der Waals surface area contributed by atoms with Gasteiger partial charge in [0.2, 0.25) is 5.91 Å². The van der Waals surface area contributed by atoms with E-state index in [0.29, 0.717) is 11.3 Å². The van der Waals surface area contributed by atoms with Crippen molar-refractivity contribution in [2.45, 2.75) is 30.9 Å². The molecule has 0 aliphatic rings. The number of anilines is 1. The van der Waals surface area contributed by atoms with Crippen LogP contribution in [0.4, 0.5) is 5.69 Å². The van der Waals surface area contributed by atoms with Crippen molar-refractivity contribution < 1.29 is 4.79 Å². The van der Waals surface area contributed by atoms with Gasteiger partial charge < -0.3 is 5.32 Å². The largest absolute Gasteiger partial charge is 0.325 e. The molecule has 0 heterocycles. The highest BCUT2D eigenvalue weighted by Gasteiger charge is 2.15. The summed E-state index contributed by atoms with van der Waals surface area (Å²) < 4.78 is 0. The van der Waals surface area contributed by atoms with Crippen molar-refractivity contribution in [3.63, 3.8) is 0 Å². The van der Waals surface area contributed by atoms with Gasteiger partial charge in [-0.3, -0.25) is 4.79 Å². The molecule has 0 radical (unpaired) electrons. The summed E-state index contributed by atoms with van der Waals surface area (Å²) in [7, 11) is 0. The number of thioether (sulfide) groups is 1. The first-order valence-electron chi connectivity index (χ1n) is 7.04. The van der Waals surface area contributed by atoms with Crippen LogP contribution in [0, 0.1) is 25.2 Å². The molecule has 0 bridgehead atoms. The van der Waals surface area contributed by atoms with Gasteiger partial charge in [0.05, 0.1) is 16.9 Å². The Labute approximate surface area is 135 Å². The van der Waals surface area contributed by atoms with Crippen LogP contribution in [0.2, 0.25) is 0 Å². The van der Waals surface area contributed by atoms with Crippen LogP contribution >= 0.6 is 11.8 Å². The lowest BCUT2D eigenvalue weighted by Gasteiger charge is -2.14. The number of rotatable bonds is 4. The van der Waals surface area contributed by atoms with Gasteiger partial charge >= 0.3 is 0 Å². The summed E-state index contributed by atoms with van der Waals surface area (Å²) >= 11 is 1.54. The van der Waals surface area contributed by atoms with Crippen LogP contribution < -0.4 is 5.32 Å². The number of benzene rings is 2. The third-order valence-corrected chi connectivity index (χ3v) is 4.54. The number of carbonyl (C=O) groups excluding carboxylic acids is 1. The first-order chi connectivity index (χ1) is 10.5. The number of carbonyl (C=O) groups is 1. The Balaban J connectivity index is 2.04. The van der Waals surface area contributed by atoms with Crippen LogP contribution in [0.25, 0.3) is 0 Å². The van der Waals surface area contributed by atoms with E-state index in [9.17, 15) is 4.79 Å². The molecule has 22 heavy (non-hydrogen) atoms. The Kier molecular flexibility index (Phi) is 5.24. The van der Waals surface area contributed by atoms with E-state index in [0.717, 1.165) is 4.90 Å². The number of hydrogen-bond donors (Lipinski definition) is 1. The maximum Gasteiger partial charge on any atom is 0.237 e. The summed E-state index contributed by atoms with van der Waals surface area (Å²) in [6.45, 7) is 5.99. The van der Waals surface area contributed by atoms with E-state index >= 15 is 0 Å². The SMILES string of the molecule is Cc1ccc(SC(C)C(=O)Nc2cccc(C#N)c2)c(C)c1. The van der Waals surface area contributed by atoms with Crippen molar-refractivity contribution in [2.75, 3.05) is 5.32 Å². The molecular formula is C18H18N2OS. The molecule has 0 aromatic heterocycles. The van der Waals surface area contributed by atoms with E-state index in [2.05, 4.69) is 43.4 Å². The molecule has 0 aliphatic heterocycles. The molecule has 1 unspecified atom stereocenters. The summed E-state index contributed by atoms with van der Waals surface area (Å²) in [6, 6.07) is 15.2.